The number of benzene rings is 2. The first kappa shape index (κ1) is 20.7. The van der Waals surface area contributed by atoms with Crippen LogP contribution in [0.25, 0.3) is 6.08 Å². The van der Waals surface area contributed by atoms with Crippen molar-refractivity contribution >= 4 is 29.5 Å². The lowest BCUT2D eigenvalue weighted by Gasteiger charge is -2.08. The molecule has 0 spiro atoms. The Kier molecular flexibility index (Phi) is 7.77. The Hall–Kier alpha value is -3.61. The highest BCUT2D eigenvalue weighted by atomic mass is 16.6. The minimum absolute atomic E-state index is 0.168. The van der Waals surface area contributed by atoms with Gasteiger partial charge in [-0.05, 0) is 42.8 Å². The molecule has 0 atom stereocenters. The molecule has 0 aliphatic rings. The van der Waals surface area contributed by atoms with E-state index in [0.29, 0.717) is 23.6 Å². The standard InChI is InChI=1S/C21H22N2O5/c1-3-27-20(25)14-28-18-6-4-5-17(13-18)23-19(24)12-9-15-7-10-16(11-8-15)21(26)22-2/h4-13H,3,14H2,1-2H3,(H,22,26)(H,23,24)/b12-9+. The van der Waals surface area contributed by atoms with Gasteiger partial charge in [0.1, 0.15) is 5.75 Å². The summed E-state index contributed by atoms with van der Waals surface area (Å²) >= 11 is 0. The highest BCUT2D eigenvalue weighted by Gasteiger charge is 2.05. The van der Waals surface area contributed by atoms with Crippen LogP contribution in [0, 0.1) is 0 Å². The van der Waals surface area contributed by atoms with E-state index in [2.05, 4.69) is 10.6 Å². The van der Waals surface area contributed by atoms with Crippen molar-refractivity contribution in [1.29, 1.82) is 0 Å². The predicted octanol–water partition coefficient (Wildman–Crippen LogP) is 2.64. The zero-order valence-corrected chi connectivity index (χ0v) is 15.7. The fourth-order valence-corrected chi connectivity index (χ4v) is 2.25. The van der Waals surface area contributed by atoms with E-state index in [9.17, 15) is 14.4 Å². The van der Waals surface area contributed by atoms with Gasteiger partial charge in [0.2, 0.25) is 5.91 Å². The van der Waals surface area contributed by atoms with Gasteiger partial charge in [0.25, 0.3) is 5.91 Å². The smallest absolute Gasteiger partial charge is 0.344 e. The number of carbonyl (C=O) groups is 3. The highest BCUT2D eigenvalue weighted by molar-refractivity contribution is 6.02. The van der Waals surface area contributed by atoms with Crippen LogP contribution in [0.15, 0.2) is 54.6 Å². The van der Waals surface area contributed by atoms with Gasteiger partial charge in [-0.25, -0.2) is 4.79 Å². The predicted molar refractivity (Wildman–Crippen MR) is 106 cm³/mol. The van der Waals surface area contributed by atoms with Crippen LogP contribution >= 0.6 is 0 Å². The molecular formula is C21H22N2O5. The molecule has 7 heteroatoms. The van der Waals surface area contributed by atoms with E-state index in [1.54, 1.807) is 68.6 Å². The lowest BCUT2D eigenvalue weighted by Crippen LogP contribution is -2.17. The van der Waals surface area contributed by atoms with Gasteiger partial charge in [0.05, 0.1) is 6.61 Å². The molecule has 0 bridgehead atoms. The van der Waals surface area contributed by atoms with Crippen molar-refractivity contribution in [2.45, 2.75) is 6.92 Å². The molecule has 146 valence electrons. The first-order chi connectivity index (χ1) is 13.5. The molecule has 2 N–H and O–H groups in total. The van der Waals surface area contributed by atoms with E-state index in [-0.39, 0.29) is 18.4 Å². The maximum atomic E-state index is 12.1. The van der Waals surface area contributed by atoms with Gasteiger partial charge < -0.3 is 20.1 Å². The summed E-state index contributed by atoms with van der Waals surface area (Å²) in [4.78, 5) is 34.9. The van der Waals surface area contributed by atoms with E-state index in [4.69, 9.17) is 9.47 Å². The Labute approximate surface area is 163 Å². The number of rotatable bonds is 8. The fourth-order valence-electron chi connectivity index (χ4n) is 2.25. The minimum Gasteiger partial charge on any atom is -0.482 e. The summed E-state index contributed by atoms with van der Waals surface area (Å²) in [5.74, 6) is -0.502. The van der Waals surface area contributed by atoms with Gasteiger partial charge in [-0.2, -0.15) is 0 Å². The largest absolute Gasteiger partial charge is 0.482 e. The van der Waals surface area contributed by atoms with Gasteiger partial charge in [-0.15, -0.1) is 0 Å². The monoisotopic (exact) mass is 382 g/mol. The molecule has 28 heavy (non-hydrogen) atoms. The zero-order chi connectivity index (χ0) is 20.4. The van der Waals surface area contributed by atoms with Crippen molar-refractivity contribution < 1.29 is 23.9 Å². The van der Waals surface area contributed by atoms with Crippen LogP contribution in [0.5, 0.6) is 5.75 Å². The summed E-state index contributed by atoms with van der Waals surface area (Å²) in [6, 6.07) is 13.6. The molecule has 0 aliphatic heterocycles. The van der Waals surface area contributed by atoms with E-state index in [1.807, 2.05) is 0 Å². The summed E-state index contributed by atoms with van der Waals surface area (Å²) in [6.07, 6.45) is 3.03. The second-order valence-electron chi connectivity index (χ2n) is 5.65. The van der Waals surface area contributed by atoms with Crippen LogP contribution in [0.3, 0.4) is 0 Å². The molecule has 2 aromatic rings. The van der Waals surface area contributed by atoms with E-state index >= 15 is 0 Å². The van der Waals surface area contributed by atoms with E-state index < -0.39 is 5.97 Å². The number of carbonyl (C=O) groups excluding carboxylic acids is 3. The molecule has 0 saturated heterocycles. The minimum atomic E-state index is -0.456. The molecule has 0 radical (unpaired) electrons. The summed E-state index contributed by atoms with van der Waals surface area (Å²) in [5, 5.41) is 5.27. The number of esters is 1. The summed E-state index contributed by atoms with van der Waals surface area (Å²) in [7, 11) is 1.57. The van der Waals surface area contributed by atoms with Crippen molar-refractivity contribution in [3.05, 3.63) is 65.7 Å². The summed E-state index contributed by atoms with van der Waals surface area (Å²) < 4.78 is 10.1. The second-order valence-corrected chi connectivity index (χ2v) is 5.65. The first-order valence-electron chi connectivity index (χ1n) is 8.71. The Bertz CT molecular complexity index is 859. The Morgan fingerprint density at radius 2 is 1.82 bits per heavy atom. The van der Waals surface area contributed by atoms with Gasteiger partial charge in [0, 0.05) is 30.4 Å². The number of hydrogen-bond donors (Lipinski definition) is 2. The van der Waals surface area contributed by atoms with Crippen LogP contribution in [0.1, 0.15) is 22.8 Å². The summed E-state index contributed by atoms with van der Waals surface area (Å²) in [5.41, 5.74) is 1.86. The maximum absolute atomic E-state index is 12.1. The SMILES string of the molecule is CCOC(=O)COc1cccc(NC(=O)/C=C/c2ccc(C(=O)NC)cc2)c1. The van der Waals surface area contributed by atoms with Crippen molar-refractivity contribution in [2.75, 3.05) is 25.6 Å². The molecule has 0 aromatic heterocycles. The molecule has 2 aromatic carbocycles. The van der Waals surface area contributed by atoms with Crippen LogP contribution in [-0.4, -0.2) is 38.0 Å². The van der Waals surface area contributed by atoms with Crippen molar-refractivity contribution in [1.82, 2.24) is 5.32 Å². The maximum Gasteiger partial charge on any atom is 0.344 e. The quantitative estimate of drug-likeness (QED) is 0.541. The van der Waals surface area contributed by atoms with E-state index in [0.717, 1.165) is 5.56 Å². The lowest BCUT2D eigenvalue weighted by atomic mass is 10.1. The molecule has 0 fully saturated rings. The van der Waals surface area contributed by atoms with Gasteiger partial charge in [-0.1, -0.05) is 18.2 Å². The first-order valence-corrected chi connectivity index (χ1v) is 8.71. The van der Waals surface area contributed by atoms with Crippen molar-refractivity contribution in [2.24, 2.45) is 0 Å². The molecule has 7 nitrogen and oxygen atoms in total. The molecule has 0 aliphatic carbocycles. The van der Waals surface area contributed by atoms with Gasteiger partial charge in [-0.3, -0.25) is 9.59 Å². The number of anilines is 1. The van der Waals surface area contributed by atoms with Crippen LogP contribution in [-0.2, 0) is 14.3 Å². The number of ether oxygens (including phenoxy) is 2. The molecule has 2 rings (SSSR count). The Morgan fingerprint density at radius 3 is 2.50 bits per heavy atom. The molecular weight excluding hydrogens is 360 g/mol. The number of hydrogen-bond acceptors (Lipinski definition) is 5. The topological polar surface area (TPSA) is 93.7 Å². The Balaban J connectivity index is 1.91. The summed E-state index contributed by atoms with van der Waals surface area (Å²) in [6.45, 7) is 1.81. The highest BCUT2D eigenvalue weighted by Crippen LogP contribution is 2.17. The molecule has 2 amide bonds. The third kappa shape index (κ3) is 6.60. The fraction of sp³-hybridized carbons (Fsp3) is 0.190. The lowest BCUT2D eigenvalue weighted by molar-refractivity contribution is -0.145. The van der Waals surface area contributed by atoms with E-state index in [1.165, 1.54) is 6.08 Å². The van der Waals surface area contributed by atoms with Crippen molar-refractivity contribution in [3.63, 3.8) is 0 Å². The molecule has 0 unspecified atom stereocenters. The average Bonchev–Trinajstić information content (AvgIpc) is 2.71. The third-order valence-electron chi connectivity index (χ3n) is 3.59. The van der Waals surface area contributed by atoms with Gasteiger partial charge >= 0.3 is 5.97 Å². The Morgan fingerprint density at radius 1 is 1.07 bits per heavy atom. The van der Waals surface area contributed by atoms with Crippen LogP contribution < -0.4 is 15.4 Å². The molecule has 0 heterocycles. The van der Waals surface area contributed by atoms with Crippen LogP contribution in [0.2, 0.25) is 0 Å². The van der Waals surface area contributed by atoms with Crippen LogP contribution in [0.4, 0.5) is 5.69 Å². The van der Waals surface area contributed by atoms with Crippen molar-refractivity contribution in [3.8, 4) is 5.75 Å². The number of amides is 2. The normalized spacial score (nSPS) is 10.4. The van der Waals surface area contributed by atoms with Gasteiger partial charge in [0.15, 0.2) is 6.61 Å². The zero-order valence-electron chi connectivity index (χ0n) is 15.7. The number of nitrogens with one attached hydrogen (secondary N) is 2. The third-order valence-corrected chi connectivity index (χ3v) is 3.59. The molecule has 0 saturated carbocycles. The second kappa shape index (κ2) is 10.5. The average molecular weight is 382 g/mol.